The number of hydrogen-bond acceptors (Lipinski definition) is 1. The molecule has 0 aliphatic carbocycles. The van der Waals surface area contributed by atoms with Gasteiger partial charge in [-0.3, -0.25) is 0 Å². The summed E-state index contributed by atoms with van der Waals surface area (Å²) in [6, 6.07) is 13.2. The van der Waals surface area contributed by atoms with Gasteiger partial charge in [-0.1, -0.05) is 49.7 Å². The Morgan fingerprint density at radius 3 is 2.24 bits per heavy atom. The Morgan fingerprint density at radius 1 is 0.952 bits per heavy atom. The standard InChI is InChI=1S/C19H24ClN/c1-5-14-7-8-16(11-15(14)6-2)19(21-4)17-9-13(3)10-18(20)12-17/h7-12,19,21H,5-6H2,1-4H3. The van der Waals surface area contributed by atoms with E-state index >= 15 is 0 Å². The third-order valence-electron chi connectivity index (χ3n) is 4.01. The van der Waals surface area contributed by atoms with Crippen molar-refractivity contribution in [3.8, 4) is 0 Å². The molecule has 0 aliphatic heterocycles. The summed E-state index contributed by atoms with van der Waals surface area (Å²) in [5.74, 6) is 0. The second-order valence-electron chi connectivity index (χ2n) is 5.52. The normalized spacial score (nSPS) is 12.4. The molecule has 0 fully saturated rings. The molecule has 0 bridgehead atoms. The molecule has 0 aromatic heterocycles. The van der Waals surface area contributed by atoms with Crippen LogP contribution in [0.2, 0.25) is 5.02 Å². The lowest BCUT2D eigenvalue weighted by Gasteiger charge is -2.20. The van der Waals surface area contributed by atoms with Crippen molar-refractivity contribution >= 4 is 11.6 Å². The predicted octanol–water partition coefficient (Wildman–Crippen LogP) is 5.08. The fraction of sp³-hybridized carbons (Fsp3) is 0.368. The first-order valence-corrected chi connectivity index (χ1v) is 8.02. The number of rotatable bonds is 5. The fourth-order valence-corrected chi connectivity index (χ4v) is 3.25. The quantitative estimate of drug-likeness (QED) is 0.812. The Balaban J connectivity index is 2.45. The van der Waals surface area contributed by atoms with Gasteiger partial charge in [-0.15, -0.1) is 0 Å². The van der Waals surface area contributed by atoms with E-state index in [9.17, 15) is 0 Å². The van der Waals surface area contributed by atoms with Crippen LogP contribution in [-0.4, -0.2) is 7.05 Å². The summed E-state index contributed by atoms with van der Waals surface area (Å²) < 4.78 is 0. The van der Waals surface area contributed by atoms with Crippen molar-refractivity contribution in [2.45, 2.75) is 39.7 Å². The summed E-state index contributed by atoms with van der Waals surface area (Å²) in [6.45, 7) is 6.51. The van der Waals surface area contributed by atoms with E-state index in [1.54, 1.807) is 0 Å². The van der Waals surface area contributed by atoms with Crippen LogP contribution >= 0.6 is 11.6 Å². The first-order valence-electron chi connectivity index (χ1n) is 7.65. The smallest absolute Gasteiger partial charge is 0.0575 e. The molecule has 112 valence electrons. The Kier molecular flexibility index (Phi) is 5.44. The molecule has 1 nitrogen and oxygen atoms in total. The summed E-state index contributed by atoms with van der Waals surface area (Å²) in [6.07, 6.45) is 2.16. The minimum atomic E-state index is 0.179. The second-order valence-corrected chi connectivity index (χ2v) is 5.96. The molecule has 0 saturated carbocycles. The van der Waals surface area contributed by atoms with Crippen molar-refractivity contribution in [1.82, 2.24) is 5.32 Å². The minimum absolute atomic E-state index is 0.179. The van der Waals surface area contributed by atoms with Crippen LogP contribution in [0.25, 0.3) is 0 Å². The zero-order chi connectivity index (χ0) is 15.4. The van der Waals surface area contributed by atoms with E-state index in [4.69, 9.17) is 11.6 Å². The van der Waals surface area contributed by atoms with Crippen molar-refractivity contribution in [3.05, 3.63) is 69.2 Å². The Labute approximate surface area is 133 Å². The van der Waals surface area contributed by atoms with Crippen LogP contribution in [0.3, 0.4) is 0 Å². The molecular weight excluding hydrogens is 278 g/mol. The van der Waals surface area contributed by atoms with Crippen LogP contribution in [0.5, 0.6) is 0 Å². The zero-order valence-electron chi connectivity index (χ0n) is 13.3. The Morgan fingerprint density at radius 2 is 1.67 bits per heavy atom. The second kappa shape index (κ2) is 7.11. The molecule has 0 saturated heterocycles. The van der Waals surface area contributed by atoms with E-state index < -0.39 is 0 Å². The van der Waals surface area contributed by atoms with Gasteiger partial charge in [0, 0.05) is 5.02 Å². The molecule has 1 unspecified atom stereocenters. The lowest BCUT2D eigenvalue weighted by atomic mass is 9.93. The number of nitrogens with one attached hydrogen (secondary N) is 1. The van der Waals surface area contributed by atoms with Crippen LogP contribution in [0.1, 0.15) is 47.7 Å². The molecule has 2 aromatic rings. The van der Waals surface area contributed by atoms with E-state index in [1.807, 2.05) is 13.1 Å². The summed E-state index contributed by atoms with van der Waals surface area (Å²) in [5.41, 5.74) is 6.59. The molecule has 0 aliphatic rings. The highest BCUT2D eigenvalue weighted by molar-refractivity contribution is 6.30. The Bertz CT molecular complexity index is 599. The molecule has 1 N–H and O–H groups in total. The van der Waals surface area contributed by atoms with Gasteiger partial charge in [-0.05, 0) is 66.8 Å². The monoisotopic (exact) mass is 301 g/mol. The van der Waals surface area contributed by atoms with Gasteiger partial charge in [0.1, 0.15) is 0 Å². The van der Waals surface area contributed by atoms with Crippen molar-refractivity contribution in [2.24, 2.45) is 0 Å². The van der Waals surface area contributed by atoms with Crippen molar-refractivity contribution in [2.75, 3.05) is 7.05 Å². The van der Waals surface area contributed by atoms with Crippen LogP contribution in [0.4, 0.5) is 0 Å². The molecule has 1 atom stereocenters. The lowest BCUT2D eigenvalue weighted by molar-refractivity contribution is 0.689. The molecule has 0 radical (unpaired) electrons. The van der Waals surface area contributed by atoms with E-state index in [-0.39, 0.29) is 6.04 Å². The Hall–Kier alpha value is -1.31. The van der Waals surface area contributed by atoms with Gasteiger partial charge < -0.3 is 5.32 Å². The molecule has 2 rings (SSSR count). The van der Waals surface area contributed by atoms with E-state index in [1.165, 1.54) is 27.8 Å². The van der Waals surface area contributed by atoms with E-state index in [0.29, 0.717) is 0 Å². The van der Waals surface area contributed by atoms with Crippen molar-refractivity contribution in [1.29, 1.82) is 0 Å². The van der Waals surface area contributed by atoms with Crippen molar-refractivity contribution in [3.63, 3.8) is 0 Å². The molecule has 2 aromatic carbocycles. The third-order valence-corrected chi connectivity index (χ3v) is 4.23. The van der Waals surface area contributed by atoms with Gasteiger partial charge in [0.2, 0.25) is 0 Å². The first-order chi connectivity index (χ1) is 10.1. The molecule has 2 heteroatoms. The van der Waals surface area contributed by atoms with Crippen LogP contribution in [0, 0.1) is 6.92 Å². The van der Waals surface area contributed by atoms with Crippen molar-refractivity contribution < 1.29 is 0 Å². The zero-order valence-corrected chi connectivity index (χ0v) is 14.1. The largest absolute Gasteiger partial charge is 0.309 e. The maximum Gasteiger partial charge on any atom is 0.0575 e. The number of aryl methyl sites for hydroxylation is 3. The number of halogens is 1. The topological polar surface area (TPSA) is 12.0 Å². The highest BCUT2D eigenvalue weighted by Gasteiger charge is 2.14. The molecule has 0 amide bonds. The maximum atomic E-state index is 6.22. The summed E-state index contributed by atoms with van der Waals surface area (Å²) >= 11 is 6.22. The molecule has 21 heavy (non-hydrogen) atoms. The predicted molar refractivity (Wildman–Crippen MR) is 92.3 cm³/mol. The van der Waals surface area contributed by atoms with Crippen LogP contribution in [-0.2, 0) is 12.8 Å². The first kappa shape index (κ1) is 16.1. The number of hydrogen-bond donors (Lipinski definition) is 1. The van der Waals surface area contributed by atoms with Gasteiger partial charge in [0.15, 0.2) is 0 Å². The summed E-state index contributed by atoms with van der Waals surface area (Å²) in [4.78, 5) is 0. The average molecular weight is 302 g/mol. The minimum Gasteiger partial charge on any atom is -0.309 e. The summed E-state index contributed by atoms with van der Waals surface area (Å²) in [7, 11) is 2.00. The average Bonchev–Trinajstić information content (AvgIpc) is 2.46. The highest BCUT2D eigenvalue weighted by Crippen LogP contribution is 2.27. The van der Waals surface area contributed by atoms with Gasteiger partial charge in [0.05, 0.1) is 6.04 Å². The van der Waals surface area contributed by atoms with Crippen LogP contribution < -0.4 is 5.32 Å². The highest BCUT2D eigenvalue weighted by atomic mass is 35.5. The molecule has 0 spiro atoms. The van der Waals surface area contributed by atoms with Gasteiger partial charge in [-0.25, -0.2) is 0 Å². The molecular formula is C19H24ClN. The van der Waals surface area contributed by atoms with Crippen LogP contribution in [0.15, 0.2) is 36.4 Å². The lowest BCUT2D eigenvalue weighted by Crippen LogP contribution is -2.18. The molecule has 0 heterocycles. The van der Waals surface area contributed by atoms with E-state index in [0.717, 1.165) is 17.9 Å². The van der Waals surface area contributed by atoms with Gasteiger partial charge >= 0.3 is 0 Å². The van der Waals surface area contributed by atoms with E-state index in [2.05, 4.69) is 56.4 Å². The number of benzene rings is 2. The van der Waals surface area contributed by atoms with Gasteiger partial charge in [-0.2, -0.15) is 0 Å². The fourth-order valence-electron chi connectivity index (χ4n) is 2.96. The SMILES string of the molecule is CCc1ccc(C(NC)c2cc(C)cc(Cl)c2)cc1CC. The third kappa shape index (κ3) is 3.66. The maximum absolute atomic E-state index is 6.22. The van der Waals surface area contributed by atoms with Gasteiger partial charge in [0.25, 0.3) is 0 Å². The summed E-state index contributed by atoms with van der Waals surface area (Å²) in [5, 5.41) is 4.22.